The van der Waals surface area contributed by atoms with E-state index in [0.29, 0.717) is 74.8 Å². The van der Waals surface area contributed by atoms with Crippen molar-refractivity contribution in [3.8, 4) is 0 Å². The molecule has 1 amide bonds. The van der Waals surface area contributed by atoms with Gasteiger partial charge in [-0.15, -0.1) is 0 Å². The molecule has 8 rings (SSSR count). The normalized spacial score (nSPS) is 40.5. The summed E-state index contributed by atoms with van der Waals surface area (Å²) < 4.78 is 20.5. The second-order valence-corrected chi connectivity index (χ2v) is 22.7. The van der Waals surface area contributed by atoms with E-state index < -0.39 is 23.7 Å². The lowest BCUT2D eigenvalue weighted by molar-refractivity contribution is -0.221. The first-order valence-corrected chi connectivity index (χ1v) is 23.9. The Morgan fingerprint density at radius 2 is 1.60 bits per heavy atom. The number of carbonyl (C=O) groups is 2. The van der Waals surface area contributed by atoms with E-state index in [4.69, 9.17) is 4.74 Å². The molecule has 0 radical (unpaired) electrons. The van der Waals surface area contributed by atoms with Gasteiger partial charge in [0.1, 0.15) is 13.3 Å². The lowest BCUT2D eigenvalue weighted by atomic mass is 9.33. The van der Waals surface area contributed by atoms with Crippen LogP contribution >= 0.6 is 0 Å². The molecular formula is C53H77FN2O4. The van der Waals surface area contributed by atoms with Gasteiger partial charge in [-0.3, -0.25) is 9.59 Å². The number of allylic oxidation sites excluding steroid dienone is 5. The Bertz CT molecular complexity index is 1880. The zero-order valence-corrected chi connectivity index (χ0v) is 38.3. The Labute approximate surface area is 361 Å². The molecule has 1 saturated heterocycles. The predicted octanol–water partition coefficient (Wildman–Crippen LogP) is 11.1. The van der Waals surface area contributed by atoms with Gasteiger partial charge >= 0.3 is 5.97 Å². The third-order valence-electron chi connectivity index (χ3n) is 19.7. The molecule has 1 aromatic carbocycles. The van der Waals surface area contributed by atoms with Crippen LogP contribution in [0.1, 0.15) is 150 Å². The fraction of sp³-hybridized carbons (Fsp3) is 0.736. The first-order chi connectivity index (χ1) is 28.4. The number of amides is 1. The predicted molar refractivity (Wildman–Crippen MR) is 238 cm³/mol. The average Bonchev–Trinajstić information content (AvgIpc) is 3.60. The number of aliphatic hydroxyl groups is 1. The van der Waals surface area contributed by atoms with E-state index in [9.17, 15) is 19.1 Å². The Hall–Kier alpha value is -2.77. The van der Waals surface area contributed by atoms with Gasteiger partial charge in [0.15, 0.2) is 0 Å². The van der Waals surface area contributed by atoms with Crippen molar-refractivity contribution in [2.45, 2.75) is 163 Å². The van der Waals surface area contributed by atoms with E-state index in [2.05, 4.69) is 65.6 Å². The number of rotatable bonds is 10. The number of alkyl halides is 1. The number of piperidine rings is 1. The number of nitrogens with one attached hydrogen (secondary N) is 1. The van der Waals surface area contributed by atoms with Crippen LogP contribution in [0, 0.1) is 56.7 Å². The van der Waals surface area contributed by atoms with Gasteiger partial charge in [-0.05, 0) is 178 Å². The maximum absolute atomic E-state index is 14.8. The largest absolute Gasteiger partial charge is 0.460 e. The molecular weight excluding hydrogens is 748 g/mol. The summed E-state index contributed by atoms with van der Waals surface area (Å²) in [6.07, 6.45) is 19.4. The van der Waals surface area contributed by atoms with Crippen LogP contribution in [-0.4, -0.2) is 59.3 Å². The number of hydrogen-bond donors (Lipinski definition) is 2. The summed E-state index contributed by atoms with van der Waals surface area (Å²) in [6.45, 7) is 23.2. The first kappa shape index (κ1) is 43.9. The summed E-state index contributed by atoms with van der Waals surface area (Å²) in [6, 6.07) is 9.67. The highest BCUT2D eigenvalue weighted by atomic mass is 19.1. The third kappa shape index (κ3) is 7.01. The molecule has 60 heavy (non-hydrogen) atoms. The quantitative estimate of drug-likeness (QED) is 0.181. The average molecular weight is 825 g/mol. The van der Waals surface area contributed by atoms with Crippen LogP contribution < -0.4 is 5.32 Å². The number of nitrogens with zero attached hydrogens (tertiary/aromatic N) is 1. The Morgan fingerprint density at radius 3 is 2.25 bits per heavy atom. The Balaban J connectivity index is 0.990. The van der Waals surface area contributed by atoms with E-state index in [0.717, 1.165) is 24.9 Å². The highest BCUT2D eigenvalue weighted by molar-refractivity contribution is 5.78. The molecule has 2 N–H and O–H groups in total. The van der Waals surface area contributed by atoms with Gasteiger partial charge in [-0.25, -0.2) is 4.39 Å². The molecule has 4 saturated carbocycles. The van der Waals surface area contributed by atoms with Gasteiger partial charge in [0.05, 0.1) is 11.0 Å². The molecule has 330 valence electrons. The van der Waals surface area contributed by atoms with Crippen LogP contribution in [0.3, 0.4) is 0 Å². The van der Waals surface area contributed by atoms with Crippen LogP contribution in [0.4, 0.5) is 4.39 Å². The number of hydrogen-bond acceptors (Lipinski definition) is 5. The molecule has 0 aromatic heterocycles. The van der Waals surface area contributed by atoms with Crippen molar-refractivity contribution >= 4 is 11.9 Å². The number of ether oxygens (including phenoxy) is 1. The number of likely N-dealkylation sites (tertiary alicyclic amines) is 1. The summed E-state index contributed by atoms with van der Waals surface area (Å²) >= 11 is 0. The van der Waals surface area contributed by atoms with Gasteiger partial charge in [-0.1, -0.05) is 89.3 Å². The van der Waals surface area contributed by atoms with Gasteiger partial charge in [0.2, 0.25) is 5.91 Å². The van der Waals surface area contributed by atoms with Crippen molar-refractivity contribution in [3.63, 3.8) is 0 Å². The summed E-state index contributed by atoms with van der Waals surface area (Å²) in [5, 5.41) is 15.8. The Morgan fingerprint density at radius 1 is 0.867 bits per heavy atom. The molecule has 0 spiro atoms. The maximum atomic E-state index is 14.8. The minimum absolute atomic E-state index is 0.0175. The maximum Gasteiger partial charge on any atom is 0.315 e. The van der Waals surface area contributed by atoms with Gasteiger partial charge < -0.3 is 20.1 Å². The fourth-order valence-electron chi connectivity index (χ4n) is 16.0. The van der Waals surface area contributed by atoms with Crippen LogP contribution in [0.25, 0.3) is 0 Å². The van der Waals surface area contributed by atoms with Crippen molar-refractivity contribution < 1.29 is 23.8 Å². The van der Waals surface area contributed by atoms with E-state index in [-0.39, 0.29) is 39.7 Å². The Kier molecular flexibility index (Phi) is 11.5. The minimum Gasteiger partial charge on any atom is -0.460 e. The van der Waals surface area contributed by atoms with Gasteiger partial charge in [0, 0.05) is 25.6 Å². The molecule has 1 aromatic rings. The molecule has 6 aliphatic carbocycles. The zero-order chi connectivity index (χ0) is 42.9. The van der Waals surface area contributed by atoms with Crippen molar-refractivity contribution in [1.82, 2.24) is 10.2 Å². The summed E-state index contributed by atoms with van der Waals surface area (Å²) in [5.74, 6) is 2.62. The van der Waals surface area contributed by atoms with Gasteiger partial charge in [0.25, 0.3) is 0 Å². The molecule has 6 nitrogen and oxygen atoms in total. The molecule has 2 unspecified atom stereocenters. The monoisotopic (exact) mass is 825 g/mol. The minimum atomic E-state index is -1.10. The standard InChI is InChI=1S/C53H77FN2O4/c1-36(2)40-18-25-53(55-31-28-52(59)29-32-56(33-30-52)37(3)57)27-26-49(7)42(45(40)53)14-15-44-48(6)21-19-41(47(4,5)43(48)20-22-50(44,49)8)39-16-23-51(35-54,24-17-39)46(58)60-34-38-12-10-9-11-13-38/h9-13,16,19,40,42-45,55,59H,1,14-15,17-18,20-35H2,2-8H3/t40-,42+,43?,44+,45?,48-,49+,50+,51-,53-/m0/s1. The zero-order valence-electron chi connectivity index (χ0n) is 38.3. The molecule has 1 aliphatic heterocycles. The van der Waals surface area contributed by atoms with Crippen LogP contribution in [0.5, 0.6) is 0 Å². The molecule has 1 heterocycles. The third-order valence-corrected chi connectivity index (χ3v) is 19.7. The number of halogens is 1. The lowest BCUT2D eigenvalue weighted by Gasteiger charge is -2.72. The molecule has 10 atom stereocenters. The second kappa shape index (κ2) is 15.8. The van der Waals surface area contributed by atoms with E-state index >= 15 is 0 Å². The van der Waals surface area contributed by atoms with E-state index in [1.165, 1.54) is 68.1 Å². The summed E-state index contributed by atoms with van der Waals surface area (Å²) in [5.41, 5.74) is 3.97. The highest BCUT2D eigenvalue weighted by Gasteiger charge is 2.70. The number of fused-ring (bicyclic) bond motifs is 7. The topological polar surface area (TPSA) is 78.9 Å². The fourth-order valence-corrected chi connectivity index (χ4v) is 16.0. The molecule has 7 heteroatoms. The number of esters is 1. The van der Waals surface area contributed by atoms with Crippen molar-refractivity contribution in [1.29, 1.82) is 0 Å². The lowest BCUT2D eigenvalue weighted by Crippen LogP contribution is -2.68. The van der Waals surface area contributed by atoms with Gasteiger partial charge in [-0.2, -0.15) is 0 Å². The summed E-state index contributed by atoms with van der Waals surface area (Å²) in [4.78, 5) is 27.2. The number of carbonyl (C=O) groups excluding carboxylic acids is 2. The highest BCUT2D eigenvalue weighted by Crippen LogP contribution is 2.76. The second-order valence-electron chi connectivity index (χ2n) is 22.7. The smallest absolute Gasteiger partial charge is 0.315 e. The summed E-state index contributed by atoms with van der Waals surface area (Å²) in [7, 11) is 0. The molecule has 5 fully saturated rings. The molecule has 7 aliphatic rings. The molecule has 0 bridgehead atoms. The number of benzene rings is 1. The van der Waals surface area contributed by atoms with E-state index in [1.54, 1.807) is 6.92 Å². The van der Waals surface area contributed by atoms with Crippen LogP contribution in [0.15, 0.2) is 65.8 Å². The van der Waals surface area contributed by atoms with Crippen molar-refractivity contribution in [2.75, 3.05) is 26.3 Å². The van der Waals surface area contributed by atoms with E-state index in [1.807, 2.05) is 35.2 Å². The van der Waals surface area contributed by atoms with Crippen molar-refractivity contribution in [3.05, 3.63) is 71.3 Å². The van der Waals surface area contributed by atoms with Crippen molar-refractivity contribution in [2.24, 2.45) is 56.7 Å². The first-order valence-electron chi connectivity index (χ1n) is 23.9. The van der Waals surface area contributed by atoms with Crippen LogP contribution in [0.2, 0.25) is 0 Å². The van der Waals surface area contributed by atoms with Crippen LogP contribution in [-0.2, 0) is 20.9 Å². The SMILES string of the molecule is C=C(C)[C@@H]1CC[C@]2(NCCC3(O)CCN(C(C)=O)CC3)CC[C@]3(C)[C@H](CC[C@@H]4[C@@]5(C)CC=C(C6=CC[C@](CF)(C(=O)OCc7ccccc7)CC6)C(C)(C)C5CC[C@]43C)C12.